The smallest absolute Gasteiger partial charge is 0.251 e. The first-order chi connectivity index (χ1) is 8.45. The Balaban J connectivity index is 2.67. The van der Waals surface area contributed by atoms with Gasteiger partial charge in [-0.15, -0.1) is 0 Å². The van der Waals surface area contributed by atoms with Crippen LogP contribution in [0.5, 0.6) is 0 Å². The average Bonchev–Trinajstić information content (AvgIpc) is 2.37. The summed E-state index contributed by atoms with van der Waals surface area (Å²) >= 11 is 0. The standard InChI is InChI=1S/C14H22N2O2/c1-10(11(2)18-5)15-14(17)12-6-8-13(9-7-12)16(3)4/h6-11H,1-5H3,(H,15,17)/t10-,11+/m0/s1. The Bertz CT molecular complexity index is 387. The van der Waals surface area contributed by atoms with E-state index in [4.69, 9.17) is 4.74 Å². The SMILES string of the molecule is CO[C@H](C)[C@H](C)NC(=O)c1ccc(N(C)C)cc1. The normalized spacial score (nSPS) is 13.8. The van der Waals surface area contributed by atoms with Crippen LogP contribution in [0.25, 0.3) is 0 Å². The van der Waals surface area contributed by atoms with Crippen LogP contribution in [0, 0.1) is 0 Å². The molecule has 0 spiro atoms. The van der Waals surface area contributed by atoms with Gasteiger partial charge in [0.15, 0.2) is 0 Å². The van der Waals surface area contributed by atoms with Crippen molar-refractivity contribution in [2.24, 2.45) is 0 Å². The van der Waals surface area contributed by atoms with Crippen molar-refractivity contribution in [3.63, 3.8) is 0 Å². The minimum absolute atomic E-state index is 0.00463. The Morgan fingerprint density at radius 3 is 2.22 bits per heavy atom. The zero-order valence-electron chi connectivity index (χ0n) is 11.7. The van der Waals surface area contributed by atoms with Crippen molar-refractivity contribution < 1.29 is 9.53 Å². The first-order valence-corrected chi connectivity index (χ1v) is 6.06. The summed E-state index contributed by atoms with van der Waals surface area (Å²) in [7, 11) is 5.58. The highest BCUT2D eigenvalue weighted by molar-refractivity contribution is 5.94. The van der Waals surface area contributed by atoms with Gasteiger partial charge in [0.05, 0.1) is 12.1 Å². The van der Waals surface area contributed by atoms with Gasteiger partial charge in [0.25, 0.3) is 5.91 Å². The van der Waals surface area contributed by atoms with Crippen LogP contribution in [-0.4, -0.2) is 39.3 Å². The molecule has 0 radical (unpaired) electrons. The van der Waals surface area contributed by atoms with Crippen molar-refractivity contribution in [1.82, 2.24) is 5.32 Å². The predicted octanol–water partition coefficient (Wildman–Crippen LogP) is 1.91. The molecule has 0 unspecified atom stereocenters. The number of anilines is 1. The van der Waals surface area contributed by atoms with Gasteiger partial charge in [0.2, 0.25) is 0 Å². The lowest BCUT2D eigenvalue weighted by molar-refractivity contribution is 0.0735. The zero-order valence-corrected chi connectivity index (χ0v) is 11.7. The average molecular weight is 250 g/mol. The van der Waals surface area contributed by atoms with Gasteiger partial charge in [-0.3, -0.25) is 4.79 Å². The molecule has 0 fully saturated rings. The number of benzene rings is 1. The van der Waals surface area contributed by atoms with Gasteiger partial charge in [0.1, 0.15) is 0 Å². The molecule has 0 bridgehead atoms. The van der Waals surface area contributed by atoms with Crippen molar-refractivity contribution in [3.05, 3.63) is 29.8 Å². The van der Waals surface area contributed by atoms with Crippen molar-refractivity contribution in [2.45, 2.75) is 26.0 Å². The quantitative estimate of drug-likeness (QED) is 0.868. The molecule has 0 aliphatic rings. The predicted molar refractivity (Wildman–Crippen MR) is 74.2 cm³/mol. The zero-order chi connectivity index (χ0) is 13.7. The lowest BCUT2D eigenvalue weighted by Crippen LogP contribution is -2.40. The van der Waals surface area contributed by atoms with Gasteiger partial charge in [-0.2, -0.15) is 0 Å². The second kappa shape index (κ2) is 6.40. The molecule has 1 aromatic carbocycles. The van der Waals surface area contributed by atoms with Gasteiger partial charge in [0, 0.05) is 32.5 Å². The van der Waals surface area contributed by atoms with Crippen molar-refractivity contribution >= 4 is 11.6 Å². The number of hydrogen-bond donors (Lipinski definition) is 1. The molecule has 1 N–H and O–H groups in total. The number of methoxy groups -OCH3 is 1. The summed E-state index contributed by atoms with van der Waals surface area (Å²) in [5.41, 5.74) is 1.74. The maximum Gasteiger partial charge on any atom is 0.251 e. The van der Waals surface area contributed by atoms with E-state index in [1.807, 2.05) is 57.1 Å². The minimum Gasteiger partial charge on any atom is -0.380 e. The summed E-state index contributed by atoms with van der Waals surface area (Å²) in [5.74, 6) is -0.0725. The van der Waals surface area contributed by atoms with Gasteiger partial charge < -0.3 is 15.0 Å². The molecular weight excluding hydrogens is 228 g/mol. The Kier molecular flexibility index (Phi) is 5.16. The number of carbonyl (C=O) groups is 1. The molecule has 1 rings (SSSR count). The van der Waals surface area contributed by atoms with Crippen molar-refractivity contribution in [3.8, 4) is 0 Å². The molecule has 0 saturated heterocycles. The van der Waals surface area contributed by atoms with Crippen molar-refractivity contribution in [1.29, 1.82) is 0 Å². The van der Waals surface area contributed by atoms with E-state index in [-0.39, 0.29) is 18.1 Å². The lowest BCUT2D eigenvalue weighted by atomic mass is 10.1. The number of amides is 1. The Labute approximate surface area is 109 Å². The van der Waals surface area contributed by atoms with Crippen LogP contribution in [0.2, 0.25) is 0 Å². The minimum atomic E-state index is -0.0725. The van der Waals surface area contributed by atoms with Crippen LogP contribution < -0.4 is 10.2 Å². The molecule has 2 atom stereocenters. The van der Waals surface area contributed by atoms with E-state index in [9.17, 15) is 4.79 Å². The maximum atomic E-state index is 12.0. The molecule has 0 aliphatic heterocycles. The Hall–Kier alpha value is -1.55. The summed E-state index contributed by atoms with van der Waals surface area (Å²) in [6, 6.07) is 7.50. The van der Waals surface area contributed by atoms with Gasteiger partial charge >= 0.3 is 0 Å². The second-order valence-electron chi connectivity index (χ2n) is 4.64. The molecule has 0 aliphatic carbocycles. The lowest BCUT2D eigenvalue weighted by Gasteiger charge is -2.20. The molecule has 0 heterocycles. The van der Waals surface area contributed by atoms with Crippen LogP contribution in [0.4, 0.5) is 5.69 Å². The number of hydrogen-bond acceptors (Lipinski definition) is 3. The number of carbonyl (C=O) groups excluding carboxylic acids is 1. The first kappa shape index (κ1) is 14.5. The third kappa shape index (κ3) is 3.74. The molecular formula is C14H22N2O2. The summed E-state index contributed by atoms with van der Waals surface area (Å²) in [6.45, 7) is 3.86. The fourth-order valence-electron chi connectivity index (χ4n) is 1.52. The molecule has 0 saturated carbocycles. The fourth-order valence-corrected chi connectivity index (χ4v) is 1.52. The van der Waals surface area contributed by atoms with E-state index in [0.29, 0.717) is 5.56 Å². The largest absolute Gasteiger partial charge is 0.380 e. The molecule has 4 nitrogen and oxygen atoms in total. The summed E-state index contributed by atoms with van der Waals surface area (Å²) < 4.78 is 5.18. The van der Waals surface area contributed by atoms with Crippen LogP contribution in [0.1, 0.15) is 24.2 Å². The fraction of sp³-hybridized carbons (Fsp3) is 0.500. The highest BCUT2D eigenvalue weighted by atomic mass is 16.5. The van der Waals surface area contributed by atoms with Gasteiger partial charge in [-0.25, -0.2) is 0 Å². The molecule has 0 aromatic heterocycles. The second-order valence-corrected chi connectivity index (χ2v) is 4.64. The molecule has 1 aromatic rings. The highest BCUT2D eigenvalue weighted by Gasteiger charge is 2.15. The monoisotopic (exact) mass is 250 g/mol. The topological polar surface area (TPSA) is 41.6 Å². The molecule has 4 heteroatoms. The van der Waals surface area contributed by atoms with E-state index in [1.165, 1.54) is 0 Å². The third-order valence-corrected chi connectivity index (χ3v) is 3.08. The van der Waals surface area contributed by atoms with Gasteiger partial charge in [-0.05, 0) is 38.1 Å². The van der Waals surface area contributed by atoms with E-state index >= 15 is 0 Å². The van der Waals surface area contributed by atoms with E-state index in [0.717, 1.165) is 5.69 Å². The van der Waals surface area contributed by atoms with Crippen LogP contribution in [0.3, 0.4) is 0 Å². The van der Waals surface area contributed by atoms with E-state index in [1.54, 1.807) is 7.11 Å². The number of rotatable bonds is 5. The van der Waals surface area contributed by atoms with Crippen molar-refractivity contribution in [2.75, 3.05) is 26.1 Å². The van der Waals surface area contributed by atoms with E-state index in [2.05, 4.69) is 5.32 Å². The molecule has 100 valence electrons. The van der Waals surface area contributed by atoms with Crippen LogP contribution in [0.15, 0.2) is 24.3 Å². The Morgan fingerprint density at radius 2 is 1.78 bits per heavy atom. The number of ether oxygens (including phenoxy) is 1. The van der Waals surface area contributed by atoms with Crippen LogP contribution in [-0.2, 0) is 4.74 Å². The third-order valence-electron chi connectivity index (χ3n) is 3.08. The molecule has 18 heavy (non-hydrogen) atoms. The van der Waals surface area contributed by atoms with Gasteiger partial charge in [-0.1, -0.05) is 0 Å². The van der Waals surface area contributed by atoms with Crippen LogP contribution >= 0.6 is 0 Å². The number of nitrogens with zero attached hydrogens (tertiary/aromatic N) is 1. The number of nitrogens with one attached hydrogen (secondary N) is 1. The Morgan fingerprint density at radius 1 is 1.22 bits per heavy atom. The van der Waals surface area contributed by atoms with E-state index < -0.39 is 0 Å². The first-order valence-electron chi connectivity index (χ1n) is 6.06. The summed E-state index contributed by atoms with van der Waals surface area (Å²) in [5, 5.41) is 2.92. The molecule has 1 amide bonds. The maximum absolute atomic E-state index is 12.0. The highest BCUT2D eigenvalue weighted by Crippen LogP contribution is 2.12. The summed E-state index contributed by atoms with van der Waals surface area (Å²) in [6.07, 6.45) is -0.00463. The summed E-state index contributed by atoms with van der Waals surface area (Å²) in [4.78, 5) is 14.0.